The van der Waals surface area contributed by atoms with Crippen LogP contribution in [0.1, 0.15) is 114 Å². The zero-order valence-electron chi connectivity index (χ0n) is 44.5. The number of carbonyl (C=O) groups excluding carboxylic acids is 5. The summed E-state index contributed by atoms with van der Waals surface area (Å²) in [5.41, 5.74) is 7.86. The van der Waals surface area contributed by atoms with Crippen molar-refractivity contribution in [2.75, 3.05) is 66.4 Å². The van der Waals surface area contributed by atoms with Gasteiger partial charge in [-0.1, -0.05) is 13.8 Å². The minimum absolute atomic E-state index is 0.118. The molecule has 22 nitrogen and oxygen atoms in total. The molecule has 6 aliphatic rings. The Morgan fingerprint density at radius 3 is 2.27 bits per heavy atom. The van der Waals surface area contributed by atoms with E-state index in [9.17, 15) is 43.4 Å². The Bertz CT molecular complexity index is 3300. The number of hydrogen-bond acceptors (Lipinski definition) is 16. The Balaban J connectivity index is 0.709. The topological polar surface area (TPSA) is 257 Å². The maximum absolute atomic E-state index is 14.1. The van der Waals surface area contributed by atoms with Gasteiger partial charge >= 0.3 is 7.82 Å². The first-order valence-corrected chi connectivity index (χ1v) is 28.1. The average molecular weight is 1090 g/mol. The third-order valence-electron chi connectivity index (χ3n) is 16.3. The number of nitrogens with zero attached hydrogens (tertiary/aromatic N) is 10. The molecule has 0 spiro atoms. The van der Waals surface area contributed by atoms with Gasteiger partial charge in [0.25, 0.3) is 23.6 Å². The van der Waals surface area contributed by atoms with E-state index in [0.717, 1.165) is 81.6 Å². The Kier molecular flexibility index (Phi) is 13.8. The monoisotopic (exact) mass is 1090 g/mol. The molecule has 1 aromatic carbocycles. The molecule has 0 radical (unpaired) electrons. The number of piperazine rings is 1. The van der Waals surface area contributed by atoms with Gasteiger partial charge in [0, 0.05) is 99.2 Å². The third-order valence-corrected chi connectivity index (χ3v) is 16.8. The van der Waals surface area contributed by atoms with E-state index in [1.807, 2.05) is 36.5 Å². The Hall–Kier alpha value is -7.07. The number of anilines is 5. The van der Waals surface area contributed by atoms with Gasteiger partial charge in [-0.2, -0.15) is 0 Å². The summed E-state index contributed by atoms with van der Waals surface area (Å²) in [6, 6.07) is 14.0. The largest absolute Gasteiger partial charge is 0.480 e. The number of methoxy groups -OCH3 is 1. The van der Waals surface area contributed by atoms with E-state index in [2.05, 4.69) is 59.8 Å². The molecular weight excluding hydrogens is 1020 g/mol. The number of rotatable bonds is 13. The quantitative estimate of drug-likeness (QED) is 0.0817. The summed E-state index contributed by atoms with van der Waals surface area (Å²) in [4.78, 5) is 111. The fourth-order valence-corrected chi connectivity index (χ4v) is 13.1. The molecule has 3 fully saturated rings. The summed E-state index contributed by atoms with van der Waals surface area (Å²) < 4.78 is 23.9. The number of phosphoric acid groups is 1. The van der Waals surface area contributed by atoms with Crippen LogP contribution in [-0.4, -0.2) is 149 Å². The zero-order chi connectivity index (χ0) is 55.1. The first-order valence-electron chi connectivity index (χ1n) is 26.5. The molecule has 1 aliphatic carbocycles. The highest BCUT2D eigenvalue weighted by Crippen LogP contribution is 2.43. The van der Waals surface area contributed by atoms with Gasteiger partial charge in [0.15, 0.2) is 0 Å². The van der Waals surface area contributed by atoms with Crippen molar-refractivity contribution in [1.29, 1.82) is 0 Å². The van der Waals surface area contributed by atoms with E-state index in [4.69, 9.17) is 9.72 Å². The number of aliphatic hydroxyl groups is 1. The number of benzene rings is 1. The van der Waals surface area contributed by atoms with Gasteiger partial charge in [-0.25, -0.2) is 19.5 Å². The Labute approximate surface area is 451 Å². The molecule has 11 rings (SSSR count). The predicted molar refractivity (Wildman–Crippen MR) is 287 cm³/mol. The van der Waals surface area contributed by atoms with E-state index in [-0.39, 0.29) is 41.3 Å². The smallest absolute Gasteiger partial charge is 0.471 e. The van der Waals surface area contributed by atoms with E-state index in [0.29, 0.717) is 69.6 Å². The number of nitrogens with one attached hydrogen (secondary N) is 1. The lowest BCUT2D eigenvalue weighted by Gasteiger charge is -2.46. The number of pyridine rings is 3. The van der Waals surface area contributed by atoms with Crippen molar-refractivity contribution >= 4 is 66.1 Å². The second kappa shape index (κ2) is 20.3. The van der Waals surface area contributed by atoms with Crippen molar-refractivity contribution in [3.05, 3.63) is 101 Å². The highest BCUT2D eigenvalue weighted by atomic mass is 31.2. The molecule has 5 amide bonds. The van der Waals surface area contributed by atoms with Crippen LogP contribution in [0.4, 0.5) is 28.7 Å². The fourth-order valence-electron chi connectivity index (χ4n) is 12.6. The van der Waals surface area contributed by atoms with Crippen molar-refractivity contribution in [2.45, 2.75) is 110 Å². The third kappa shape index (κ3) is 9.72. The molecule has 4 atom stereocenters. The van der Waals surface area contributed by atoms with Gasteiger partial charge in [-0.15, -0.1) is 0 Å². The van der Waals surface area contributed by atoms with Crippen LogP contribution in [0.25, 0.3) is 11.1 Å². The number of ether oxygens (including phenoxy) is 1. The van der Waals surface area contributed by atoms with Crippen molar-refractivity contribution in [1.82, 2.24) is 34.2 Å². The first-order chi connectivity index (χ1) is 37.2. The van der Waals surface area contributed by atoms with Crippen LogP contribution in [0, 0.1) is 5.41 Å². The molecule has 3 saturated heterocycles. The van der Waals surface area contributed by atoms with Crippen LogP contribution in [0.5, 0.6) is 5.88 Å². The lowest BCUT2D eigenvalue weighted by Crippen LogP contribution is -2.58. The fraction of sp³-hybridized carbons (Fsp3) is 0.455. The van der Waals surface area contributed by atoms with E-state index >= 15 is 0 Å². The maximum atomic E-state index is 14.1. The Morgan fingerprint density at radius 1 is 0.808 bits per heavy atom. The van der Waals surface area contributed by atoms with Crippen LogP contribution in [-0.2, 0) is 38.1 Å². The van der Waals surface area contributed by atoms with E-state index in [1.165, 1.54) is 11.3 Å². The molecule has 0 bridgehead atoms. The molecule has 2 unspecified atom stereocenters. The summed E-state index contributed by atoms with van der Waals surface area (Å²) in [6.45, 7) is 14.6. The first kappa shape index (κ1) is 53.0. The molecule has 0 saturated carbocycles. The molecule has 78 heavy (non-hydrogen) atoms. The summed E-state index contributed by atoms with van der Waals surface area (Å²) in [5.74, 6) is -1.77. The van der Waals surface area contributed by atoms with Gasteiger partial charge in [0.1, 0.15) is 35.3 Å². The second-order valence-electron chi connectivity index (χ2n) is 22.0. The second-order valence-corrected chi connectivity index (χ2v) is 23.2. The predicted octanol–water partition coefficient (Wildman–Crippen LogP) is 5.68. The summed E-state index contributed by atoms with van der Waals surface area (Å²) >= 11 is 0. The number of fused-ring (bicyclic) bond motifs is 4. The zero-order valence-corrected chi connectivity index (χ0v) is 45.4. The van der Waals surface area contributed by atoms with Crippen LogP contribution in [0.2, 0.25) is 0 Å². The highest BCUT2D eigenvalue weighted by Gasteiger charge is 2.49. The number of carbonyl (C=O) groups is 5. The number of piperidine rings is 2. The van der Waals surface area contributed by atoms with Crippen molar-refractivity contribution in [2.24, 2.45) is 5.41 Å². The van der Waals surface area contributed by atoms with Gasteiger partial charge in [-0.05, 0) is 118 Å². The molecular formula is C55H64N11O11P. The van der Waals surface area contributed by atoms with Crippen LogP contribution in [0.3, 0.4) is 0 Å². The summed E-state index contributed by atoms with van der Waals surface area (Å²) in [5, 5.41) is 14.7. The minimum Gasteiger partial charge on any atom is -0.480 e. The van der Waals surface area contributed by atoms with E-state index < -0.39 is 49.8 Å². The highest BCUT2D eigenvalue weighted by molar-refractivity contribution is 7.46. The van der Waals surface area contributed by atoms with Crippen molar-refractivity contribution < 1.29 is 52.7 Å². The number of aromatic nitrogens is 4. The minimum atomic E-state index is -5.06. The number of aliphatic hydroxyl groups excluding tert-OH is 1. The Morgan fingerprint density at radius 2 is 1.56 bits per heavy atom. The molecule has 4 N–H and O–H groups in total. The molecule has 5 aliphatic heterocycles. The molecule has 410 valence electrons. The van der Waals surface area contributed by atoms with Crippen LogP contribution >= 0.6 is 7.82 Å². The molecule has 5 aromatic rings. The maximum Gasteiger partial charge on any atom is 0.471 e. The number of imide groups is 2. The molecule has 9 heterocycles. The summed E-state index contributed by atoms with van der Waals surface area (Å²) in [7, 11) is -3.51. The van der Waals surface area contributed by atoms with Crippen LogP contribution < -0.4 is 24.8 Å². The molecule has 4 aromatic heterocycles. The van der Waals surface area contributed by atoms with E-state index in [1.54, 1.807) is 49.5 Å². The average Bonchev–Trinajstić information content (AvgIpc) is 4.17. The van der Waals surface area contributed by atoms with Gasteiger partial charge < -0.3 is 39.3 Å². The number of phosphoric ester groups is 1. The van der Waals surface area contributed by atoms with Gasteiger partial charge in [0.2, 0.25) is 11.8 Å². The number of hydrogen-bond donors (Lipinski definition) is 4. The lowest BCUT2D eigenvalue weighted by atomic mass is 9.90. The normalized spacial score (nSPS) is 21.8. The lowest BCUT2D eigenvalue weighted by molar-refractivity contribution is -0.161. The van der Waals surface area contributed by atoms with Gasteiger partial charge in [0.05, 0.1) is 36.2 Å². The molecule has 23 heteroatoms. The summed E-state index contributed by atoms with van der Waals surface area (Å²) in [6.07, 6.45) is 5.94. The standard InChI is InChI=1S/C55H64N11O11P/c1-31-30-61(36-14-17-60(18-15-36)37-7-9-40-41(25-37)52(70)66(51(40)69)43-10-12-47(68)65(54(43)72)33(3)77-78(73,74)75)19-20-62(31)38-8-11-46(57-29-38)59-42-23-35(28-58-50(42)76-6)39-13-16-56-49(48(39)32(2)67)64-22-21-63-44(53(64)71)24-34-26-55(4,5)27-45(34)63/h7-9,11,13,16,23-25,28-29,31-33,36,43,67H,10,12,14-15,17-22,26-27,30H2,1-6H3,(H,57,59)(H2,73,74,75)/t31-,32?,33?,43-/m0/s1. The van der Waals surface area contributed by atoms with Crippen molar-refractivity contribution in [3.63, 3.8) is 0 Å². The number of amides is 5. The van der Waals surface area contributed by atoms with Gasteiger partial charge in [-0.3, -0.25) is 48.1 Å². The number of likely N-dealkylation sites (tertiary alicyclic amines) is 1. The van der Waals surface area contributed by atoms with Crippen LogP contribution in [0.15, 0.2) is 67.1 Å². The SMILES string of the molecule is COc1ncc(-c2ccnc(N3CCn4c(cc5c4CC(C)(C)C5)C3=O)c2C(C)O)cc1Nc1ccc(N2CCN(C3CCN(c4ccc5c(c4)C(=O)N([C@H]4CCC(=O)N(C(C)OP(=O)(O)O)C4=O)C5=O)CC3)C[C@@H]2C)cn1. The van der Waals surface area contributed by atoms with Crippen molar-refractivity contribution in [3.8, 4) is 17.0 Å².